The molecule has 0 spiro atoms. The van der Waals surface area contributed by atoms with Gasteiger partial charge in [0.2, 0.25) is 5.95 Å². The van der Waals surface area contributed by atoms with E-state index in [0.717, 1.165) is 18.4 Å². The Morgan fingerprint density at radius 2 is 1.95 bits per heavy atom. The number of aromatic hydroxyl groups is 1. The first-order chi connectivity index (χ1) is 10.2. The van der Waals surface area contributed by atoms with Crippen molar-refractivity contribution in [2.45, 2.75) is 18.9 Å². The molecule has 0 radical (unpaired) electrons. The average molecular weight is 284 g/mol. The van der Waals surface area contributed by atoms with Crippen molar-refractivity contribution in [2.24, 2.45) is 0 Å². The summed E-state index contributed by atoms with van der Waals surface area (Å²) in [6.07, 6.45) is 5.04. The zero-order chi connectivity index (χ0) is 14.7. The molecule has 0 saturated carbocycles. The highest BCUT2D eigenvalue weighted by Crippen LogP contribution is 2.32. The van der Waals surface area contributed by atoms with Gasteiger partial charge < -0.3 is 10.0 Å². The Bertz CT molecular complexity index is 615. The minimum Gasteiger partial charge on any atom is -0.508 e. The number of carbonyl (C=O) groups excluding carboxylic acids is 1. The van der Waals surface area contributed by atoms with E-state index in [1.807, 2.05) is 12.1 Å². The van der Waals surface area contributed by atoms with Gasteiger partial charge in [0.05, 0.1) is 6.04 Å². The Hall–Kier alpha value is -2.63. The van der Waals surface area contributed by atoms with E-state index in [-0.39, 0.29) is 17.8 Å². The molecule has 2 heterocycles. The normalized spacial score (nSPS) is 17.7. The minimum absolute atomic E-state index is 0.0225. The molecule has 1 aliphatic rings. The van der Waals surface area contributed by atoms with Gasteiger partial charge in [0.15, 0.2) is 0 Å². The maximum atomic E-state index is 12.4. The molecule has 1 aliphatic heterocycles. The smallest absolute Gasteiger partial charge is 0.324 e. The van der Waals surface area contributed by atoms with Gasteiger partial charge in [-0.2, -0.15) is 0 Å². The van der Waals surface area contributed by atoms with Crippen LogP contribution in [0.4, 0.5) is 10.7 Å². The first-order valence-corrected chi connectivity index (χ1v) is 6.87. The second-order valence-electron chi connectivity index (χ2n) is 4.95. The average Bonchev–Trinajstić information content (AvgIpc) is 2.98. The highest BCUT2D eigenvalue weighted by atomic mass is 16.3. The van der Waals surface area contributed by atoms with Crippen molar-refractivity contribution < 1.29 is 9.90 Å². The monoisotopic (exact) mass is 284 g/mol. The van der Waals surface area contributed by atoms with Crippen LogP contribution in [-0.2, 0) is 0 Å². The number of hydrogen-bond acceptors (Lipinski definition) is 4. The summed E-state index contributed by atoms with van der Waals surface area (Å²) in [6.45, 7) is 0.699. The van der Waals surface area contributed by atoms with Gasteiger partial charge in [-0.25, -0.2) is 14.8 Å². The van der Waals surface area contributed by atoms with E-state index in [1.165, 1.54) is 0 Å². The second-order valence-corrected chi connectivity index (χ2v) is 4.95. The minimum atomic E-state index is -0.197. The van der Waals surface area contributed by atoms with E-state index in [4.69, 9.17) is 0 Å². The summed E-state index contributed by atoms with van der Waals surface area (Å²) < 4.78 is 0. The number of nitrogens with zero attached hydrogens (tertiary/aromatic N) is 3. The molecule has 6 heteroatoms. The fraction of sp³-hybridized carbons (Fsp3) is 0.267. The van der Waals surface area contributed by atoms with Gasteiger partial charge in [-0.1, -0.05) is 12.1 Å². The first kappa shape index (κ1) is 13.4. The number of nitrogens with one attached hydrogen (secondary N) is 1. The van der Waals surface area contributed by atoms with Gasteiger partial charge in [-0.15, -0.1) is 0 Å². The number of phenolic OH excluding ortho intramolecular Hbond substituents is 1. The number of amides is 2. The Labute approximate surface area is 122 Å². The number of hydrogen-bond donors (Lipinski definition) is 2. The lowest BCUT2D eigenvalue weighted by Crippen LogP contribution is -2.34. The number of urea groups is 1. The summed E-state index contributed by atoms with van der Waals surface area (Å²) >= 11 is 0. The lowest BCUT2D eigenvalue weighted by molar-refractivity contribution is 0.207. The first-order valence-electron chi connectivity index (χ1n) is 6.87. The number of likely N-dealkylation sites (tertiary alicyclic amines) is 1. The summed E-state index contributed by atoms with van der Waals surface area (Å²) in [5.41, 5.74) is 1.02. The van der Waals surface area contributed by atoms with E-state index >= 15 is 0 Å². The van der Waals surface area contributed by atoms with Crippen LogP contribution in [-0.4, -0.2) is 32.6 Å². The van der Waals surface area contributed by atoms with E-state index in [1.54, 1.807) is 35.5 Å². The van der Waals surface area contributed by atoms with Crippen LogP contribution in [0.1, 0.15) is 24.4 Å². The van der Waals surface area contributed by atoms with Crippen LogP contribution in [0.3, 0.4) is 0 Å². The molecular formula is C15H16N4O2. The standard InChI is InChI=1S/C15H16N4O2/c20-12-6-4-11(5-7-12)13-3-1-10-19(13)15(21)18-14-16-8-2-9-17-14/h2,4-9,13,20H,1,3,10H2,(H,16,17,18,21). The van der Waals surface area contributed by atoms with Gasteiger partial charge in [0, 0.05) is 18.9 Å². The summed E-state index contributed by atoms with van der Waals surface area (Å²) in [7, 11) is 0. The molecule has 3 rings (SSSR count). The van der Waals surface area contributed by atoms with Crippen molar-refractivity contribution in [3.63, 3.8) is 0 Å². The Morgan fingerprint density at radius 3 is 2.67 bits per heavy atom. The summed E-state index contributed by atoms with van der Waals surface area (Å²) in [4.78, 5) is 22.1. The third-order valence-electron chi connectivity index (χ3n) is 3.58. The molecular weight excluding hydrogens is 268 g/mol. The van der Waals surface area contributed by atoms with Crippen molar-refractivity contribution in [3.8, 4) is 5.75 Å². The number of anilines is 1. The van der Waals surface area contributed by atoms with Crippen molar-refractivity contribution >= 4 is 12.0 Å². The summed E-state index contributed by atoms with van der Waals surface area (Å²) in [5.74, 6) is 0.532. The summed E-state index contributed by atoms with van der Waals surface area (Å²) in [6, 6.07) is 8.51. The predicted octanol–water partition coefficient (Wildman–Crippen LogP) is 2.55. The van der Waals surface area contributed by atoms with Gasteiger partial charge in [0.1, 0.15) is 5.75 Å². The van der Waals surface area contributed by atoms with Crippen LogP contribution >= 0.6 is 0 Å². The molecule has 6 nitrogen and oxygen atoms in total. The quantitative estimate of drug-likeness (QED) is 0.888. The molecule has 108 valence electrons. The molecule has 0 bridgehead atoms. The van der Waals surface area contributed by atoms with E-state index in [9.17, 15) is 9.90 Å². The van der Waals surface area contributed by atoms with Crippen LogP contribution in [0.15, 0.2) is 42.7 Å². The number of rotatable bonds is 2. The van der Waals surface area contributed by atoms with Crippen molar-refractivity contribution in [2.75, 3.05) is 11.9 Å². The third-order valence-corrected chi connectivity index (χ3v) is 3.58. The molecule has 1 saturated heterocycles. The van der Waals surface area contributed by atoms with Crippen molar-refractivity contribution in [1.82, 2.24) is 14.9 Å². The molecule has 1 fully saturated rings. The Kier molecular flexibility index (Phi) is 3.68. The van der Waals surface area contributed by atoms with Crippen LogP contribution in [0.2, 0.25) is 0 Å². The lowest BCUT2D eigenvalue weighted by Gasteiger charge is -2.25. The third kappa shape index (κ3) is 2.94. The topological polar surface area (TPSA) is 78.4 Å². The molecule has 1 unspecified atom stereocenters. The van der Waals surface area contributed by atoms with E-state index < -0.39 is 0 Å². The van der Waals surface area contributed by atoms with Crippen molar-refractivity contribution in [1.29, 1.82) is 0 Å². The van der Waals surface area contributed by atoms with Crippen molar-refractivity contribution in [3.05, 3.63) is 48.3 Å². The van der Waals surface area contributed by atoms with E-state index in [2.05, 4.69) is 15.3 Å². The fourth-order valence-electron chi connectivity index (χ4n) is 2.58. The fourth-order valence-corrected chi connectivity index (χ4v) is 2.58. The molecule has 21 heavy (non-hydrogen) atoms. The SMILES string of the molecule is O=C(Nc1ncccn1)N1CCCC1c1ccc(O)cc1. The molecule has 2 aromatic rings. The zero-order valence-corrected chi connectivity index (χ0v) is 11.4. The maximum absolute atomic E-state index is 12.4. The highest BCUT2D eigenvalue weighted by Gasteiger charge is 2.30. The molecule has 0 aliphatic carbocycles. The molecule has 1 aromatic heterocycles. The number of aromatic nitrogens is 2. The Balaban J connectivity index is 1.74. The molecule has 2 N–H and O–H groups in total. The lowest BCUT2D eigenvalue weighted by atomic mass is 10.0. The van der Waals surface area contributed by atoms with Crippen LogP contribution in [0.5, 0.6) is 5.75 Å². The number of phenols is 1. The molecule has 1 aromatic carbocycles. The number of carbonyl (C=O) groups is 1. The largest absolute Gasteiger partial charge is 0.508 e. The van der Waals surface area contributed by atoms with Gasteiger partial charge in [0.25, 0.3) is 0 Å². The summed E-state index contributed by atoms with van der Waals surface area (Å²) in [5, 5.41) is 12.1. The second kappa shape index (κ2) is 5.78. The Morgan fingerprint density at radius 1 is 1.24 bits per heavy atom. The van der Waals surface area contributed by atoms with Crippen LogP contribution < -0.4 is 5.32 Å². The van der Waals surface area contributed by atoms with Crippen LogP contribution in [0.25, 0.3) is 0 Å². The van der Waals surface area contributed by atoms with Gasteiger partial charge >= 0.3 is 6.03 Å². The van der Waals surface area contributed by atoms with Gasteiger partial charge in [-0.3, -0.25) is 5.32 Å². The molecule has 2 amide bonds. The van der Waals surface area contributed by atoms with E-state index in [0.29, 0.717) is 12.5 Å². The molecule has 1 atom stereocenters. The zero-order valence-electron chi connectivity index (χ0n) is 11.4. The number of benzene rings is 1. The predicted molar refractivity (Wildman–Crippen MR) is 77.8 cm³/mol. The van der Waals surface area contributed by atoms with Crippen LogP contribution in [0, 0.1) is 0 Å². The highest BCUT2D eigenvalue weighted by molar-refractivity contribution is 5.87. The van der Waals surface area contributed by atoms with Gasteiger partial charge in [-0.05, 0) is 36.6 Å². The maximum Gasteiger partial charge on any atom is 0.324 e.